The minimum atomic E-state index is -1.20. The lowest BCUT2D eigenvalue weighted by Gasteiger charge is -2.30. The summed E-state index contributed by atoms with van der Waals surface area (Å²) >= 11 is 0. The fourth-order valence-corrected chi connectivity index (χ4v) is 4.10. The Balaban J connectivity index is 2.03. The summed E-state index contributed by atoms with van der Waals surface area (Å²) in [6.45, 7) is 7.19. The van der Waals surface area contributed by atoms with E-state index in [-0.39, 0.29) is 51.9 Å². The Hall–Kier alpha value is -3.49. The van der Waals surface area contributed by atoms with E-state index in [0.29, 0.717) is 16.9 Å². The molecule has 0 radical (unpaired) electrons. The summed E-state index contributed by atoms with van der Waals surface area (Å²) in [6.07, 6.45) is 1.07. The van der Waals surface area contributed by atoms with Crippen molar-refractivity contribution in [2.75, 3.05) is 7.11 Å². The van der Waals surface area contributed by atoms with Crippen molar-refractivity contribution in [1.82, 2.24) is 0 Å². The van der Waals surface area contributed by atoms with Crippen molar-refractivity contribution in [3.05, 3.63) is 57.8 Å². The van der Waals surface area contributed by atoms with Crippen molar-refractivity contribution >= 4 is 16.7 Å². The molecule has 4 rings (SSSR count). The third-order valence-electron chi connectivity index (χ3n) is 5.98. The zero-order chi connectivity index (χ0) is 24.8. The van der Waals surface area contributed by atoms with Crippen molar-refractivity contribution in [3.63, 3.8) is 0 Å². The molecule has 0 aliphatic carbocycles. The first kappa shape index (κ1) is 23.7. The number of benzene rings is 2. The predicted molar refractivity (Wildman–Crippen MR) is 127 cm³/mol. The summed E-state index contributed by atoms with van der Waals surface area (Å²) < 4.78 is 17.7. The van der Waals surface area contributed by atoms with E-state index in [1.54, 1.807) is 32.0 Å². The summed E-state index contributed by atoms with van der Waals surface area (Å²) in [5, 5.41) is 30.6. The first-order valence-electron chi connectivity index (χ1n) is 11.0. The van der Waals surface area contributed by atoms with Gasteiger partial charge in [-0.15, -0.1) is 0 Å². The Labute approximate surface area is 196 Å². The molecule has 34 heavy (non-hydrogen) atoms. The molecule has 0 spiro atoms. The third-order valence-corrected chi connectivity index (χ3v) is 5.98. The van der Waals surface area contributed by atoms with Crippen molar-refractivity contribution < 1.29 is 34.2 Å². The van der Waals surface area contributed by atoms with Crippen LogP contribution in [-0.2, 0) is 16.0 Å². The molecule has 8 heteroatoms. The van der Waals surface area contributed by atoms with Gasteiger partial charge in [0.2, 0.25) is 0 Å². The minimum Gasteiger partial charge on any atom is -0.508 e. The molecule has 1 aliphatic heterocycles. The standard InChI is InChI=1S/C26H28O8/c1-13(2)10-19(31-5)15-8-9-18-22(23(15)28)24(29)17-12-21(26(3,4)34-30)32-20-11-14(27)6-7-16(20)25(17)33-18/h6-11,13,21,27-28,30H,12H2,1-5H3. The molecular weight excluding hydrogens is 440 g/mol. The van der Waals surface area contributed by atoms with Crippen LogP contribution in [0.5, 0.6) is 17.2 Å². The first-order chi connectivity index (χ1) is 16.1. The second kappa shape index (κ2) is 8.70. The normalized spacial score (nSPS) is 16.1. The molecular formula is C26H28O8. The van der Waals surface area contributed by atoms with Crippen LogP contribution in [0.15, 0.2) is 45.6 Å². The van der Waals surface area contributed by atoms with E-state index in [0.717, 1.165) is 0 Å². The zero-order valence-corrected chi connectivity index (χ0v) is 19.7. The minimum absolute atomic E-state index is 0.0201. The van der Waals surface area contributed by atoms with Crippen LogP contribution in [0.1, 0.15) is 38.8 Å². The van der Waals surface area contributed by atoms with Gasteiger partial charge in [0.1, 0.15) is 51.4 Å². The number of allylic oxidation sites excluding steroid dienone is 1. The highest BCUT2D eigenvalue weighted by molar-refractivity contribution is 5.91. The van der Waals surface area contributed by atoms with Gasteiger partial charge in [0, 0.05) is 18.1 Å². The van der Waals surface area contributed by atoms with Crippen LogP contribution in [-0.4, -0.2) is 34.3 Å². The third kappa shape index (κ3) is 3.99. The molecule has 1 unspecified atom stereocenters. The molecule has 3 aromatic rings. The molecule has 2 heterocycles. The van der Waals surface area contributed by atoms with Crippen LogP contribution < -0.4 is 10.2 Å². The van der Waals surface area contributed by atoms with Gasteiger partial charge in [-0.25, -0.2) is 4.89 Å². The van der Waals surface area contributed by atoms with Gasteiger partial charge in [-0.2, -0.15) is 0 Å². The predicted octanol–water partition coefficient (Wildman–Crippen LogP) is 5.09. The quantitative estimate of drug-likeness (QED) is 0.269. The summed E-state index contributed by atoms with van der Waals surface area (Å²) in [6, 6.07) is 7.73. The summed E-state index contributed by atoms with van der Waals surface area (Å²) in [5.74, 6) is 0.867. The fraction of sp³-hybridized carbons (Fsp3) is 0.346. The molecule has 0 amide bonds. The van der Waals surface area contributed by atoms with Crippen molar-refractivity contribution in [1.29, 1.82) is 0 Å². The Morgan fingerprint density at radius 3 is 2.59 bits per heavy atom. The number of hydrogen-bond acceptors (Lipinski definition) is 8. The topological polar surface area (TPSA) is 119 Å². The van der Waals surface area contributed by atoms with Crippen LogP contribution in [0.25, 0.3) is 28.1 Å². The van der Waals surface area contributed by atoms with Crippen molar-refractivity contribution in [2.24, 2.45) is 5.92 Å². The average Bonchev–Trinajstić information content (AvgIpc) is 2.95. The number of phenols is 2. The van der Waals surface area contributed by atoms with Gasteiger partial charge in [0.05, 0.1) is 18.2 Å². The van der Waals surface area contributed by atoms with E-state index >= 15 is 0 Å². The van der Waals surface area contributed by atoms with E-state index in [4.69, 9.17) is 13.9 Å². The largest absolute Gasteiger partial charge is 0.508 e. The Morgan fingerprint density at radius 2 is 1.94 bits per heavy atom. The van der Waals surface area contributed by atoms with E-state index < -0.39 is 17.1 Å². The summed E-state index contributed by atoms with van der Waals surface area (Å²) in [4.78, 5) is 18.4. The second-order valence-corrected chi connectivity index (χ2v) is 9.24. The number of rotatable bonds is 5. The molecule has 1 atom stereocenters. The second-order valence-electron chi connectivity index (χ2n) is 9.24. The van der Waals surface area contributed by atoms with Crippen LogP contribution in [0.2, 0.25) is 0 Å². The highest BCUT2D eigenvalue weighted by Crippen LogP contribution is 2.42. The highest BCUT2D eigenvalue weighted by Gasteiger charge is 2.38. The van der Waals surface area contributed by atoms with Gasteiger partial charge < -0.3 is 24.1 Å². The number of methoxy groups -OCH3 is 1. The molecule has 0 fully saturated rings. The van der Waals surface area contributed by atoms with E-state index in [1.807, 2.05) is 19.9 Å². The van der Waals surface area contributed by atoms with Crippen LogP contribution >= 0.6 is 0 Å². The summed E-state index contributed by atoms with van der Waals surface area (Å²) in [5.41, 5.74) is -0.338. The molecule has 1 aliphatic rings. The van der Waals surface area contributed by atoms with Crippen LogP contribution in [0.3, 0.4) is 0 Å². The lowest BCUT2D eigenvalue weighted by atomic mass is 9.93. The number of hydrogen-bond donors (Lipinski definition) is 3. The smallest absolute Gasteiger partial charge is 0.200 e. The fourth-order valence-electron chi connectivity index (χ4n) is 4.10. The molecule has 180 valence electrons. The van der Waals surface area contributed by atoms with E-state index in [9.17, 15) is 20.3 Å². The van der Waals surface area contributed by atoms with Gasteiger partial charge in [0.25, 0.3) is 0 Å². The molecule has 1 aromatic heterocycles. The van der Waals surface area contributed by atoms with Gasteiger partial charge in [-0.05, 0) is 50.1 Å². The molecule has 2 aromatic carbocycles. The van der Waals surface area contributed by atoms with Crippen molar-refractivity contribution in [3.8, 4) is 28.6 Å². The SMILES string of the molecule is COC(=CC(C)C)c1ccc2oc3c(c(=O)c2c1O)CC(C(C)(C)OO)Oc1cc(O)ccc1-3. The van der Waals surface area contributed by atoms with Crippen LogP contribution in [0, 0.1) is 5.92 Å². The van der Waals surface area contributed by atoms with Gasteiger partial charge in [-0.1, -0.05) is 13.8 Å². The molecule has 0 saturated heterocycles. The first-order valence-corrected chi connectivity index (χ1v) is 11.0. The highest BCUT2D eigenvalue weighted by atomic mass is 17.1. The number of aromatic hydroxyl groups is 2. The summed E-state index contributed by atoms with van der Waals surface area (Å²) in [7, 11) is 1.50. The van der Waals surface area contributed by atoms with Gasteiger partial charge in [-0.3, -0.25) is 10.1 Å². The van der Waals surface area contributed by atoms with Gasteiger partial charge >= 0.3 is 0 Å². The Kier molecular flexibility index (Phi) is 6.05. The molecule has 8 nitrogen and oxygen atoms in total. The zero-order valence-electron chi connectivity index (χ0n) is 19.7. The Morgan fingerprint density at radius 1 is 1.21 bits per heavy atom. The van der Waals surface area contributed by atoms with Crippen LogP contribution in [0.4, 0.5) is 0 Å². The molecule has 0 bridgehead atoms. The maximum Gasteiger partial charge on any atom is 0.200 e. The van der Waals surface area contributed by atoms with Crippen molar-refractivity contribution in [2.45, 2.75) is 45.8 Å². The Bertz CT molecular complexity index is 1330. The number of ether oxygens (including phenoxy) is 2. The maximum atomic E-state index is 13.8. The molecule has 0 saturated carbocycles. The van der Waals surface area contributed by atoms with E-state index in [1.165, 1.54) is 19.2 Å². The average molecular weight is 469 g/mol. The molecule has 3 N–H and O–H groups in total. The number of phenolic OH excluding ortho intramolecular Hbond substituents is 2. The van der Waals surface area contributed by atoms with Gasteiger partial charge in [0.15, 0.2) is 5.43 Å². The lowest BCUT2D eigenvalue weighted by molar-refractivity contribution is -0.330. The maximum absolute atomic E-state index is 13.8. The monoisotopic (exact) mass is 468 g/mol. The van der Waals surface area contributed by atoms with E-state index in [2.05, 4.69) is 4.89 Å². The lowest BCUT2D eigenvalue weighted by Crippen LogP contribution is -2.44. The number of fused-ring (bicyclic) bond motifs is 4.